The van der Waals surface area contributed by atoms with Gasteiger partial charge in [-0.3, -0.25) is 4.79 Å². The van der Waals surface area contributed by atoms with E-state index in [0.29, 0.717) is 24.5 Å². The van der Waals surface area contributed by atoms with Gasteiger partial charge in [-0.2, -0.15) is 0 Å². The van der Waals surface area contributed by atoms with E-state index in [1.54, 1.807) is 12.1 Å². The Hall–Kier alpha value is -2.77. The fourth-order valence-corrected chi connectivity index (χ4v) is 3.33. The van der Waals surface area contributed by atoms with Crippen LogP contribution in [-0.4, -0.2) is 49.2 Å². The summed E-state index contributed by atoms with van der Waals surface area (Å²) in [6.07, 6.45) is 1.14. The number of benzene rings is 1. The van der Waals surface area contributed by atoms with Gasteiger partial charge >= 0.3 is 5.97 Å². The molecule has 2 atom stereocenters. The van der Waals surface area contributed by atoms with Crippen molar-refractivity contribution in [2.75, 3.05) is 6.54 Å². The number of aromatic nitrogens is 3. The maximum Gasteiger partial charge on any atom is 0.326 e. The smallest absolute Gasteiger partial charge is 0.326 e. The summed E-state index contributed by atoms with van der Waals surface area (Å²) in [6, 6.07) is 5.00. The third-order valence-electron chi connectivity index (χ3n) is 4.80. The van der Waals surface area contributed by atoms with E-state index in [0.717, 1.165) is 6.42 Å². The first-order chi connectivity index (χ1) is 12.8. The second-order valence-electron chi connectivity index (χ2n) is 7.32. The lowest BCUT2D eigenvalue weighted by molar-refractivity contribution is -0.144. The van der Waals surface area contributed by atoms with Gasteiger partial charge in [-0.25, -0.2) is 18.9 Å². The number of halogens is 1. The minimum Gasteiger partial charge on any atom is -0.480 e. The summed E-state index contributed by atoms with van der Waals surface area (Å²) in [6.45, 7) is 6.13. The molecule has 1 N–H and O–H groups in total. The molecule has 0 saturated carbocycles. The van der Waals surface area contributed by atoms with Gasteiger partial charge < -0.3 is 10.0 Å². The second kappa shape index (κ2) is 7.46. The molecule has 3 rings (SSSR count). The van der Waals surface area contributed by atoms with Crippen molar-refractivity contribution in [3.05, 3.63) is 41.7 Å². The minimum absolute atomic E-state index is 0.0565. The van der Waals surface area contributed by atoms with Crippen molar-refractivity contribution in [1.82, 2.24) is 19.7 Å². The number of rotatable bonds is 4. The van der Waals surface area contributed by atoms with E-state index in [1.807, 2.05) is 20.8 Å². The molecule has 0 bridgehead atoms. The fourth-order valence-electron chi connectivity index (χ4n) is 3.33. The summed E-state index contributed by atoms with van der Waals surface area (Å²) >= 11 is 0. The molecular weight excluding hydrogens is 351 g/mol. The predicted octanol–water partition coefficient (Wildman–Crippen LogP) is 2.86. The van der Waals surface area contributed by atoms with E-state index in [-0.39, 0.29) is 17.7 Å². The predicted molar refractivity (Wildman–Crippen MR) is 96.3 cm³/mol. The zero-order chi connectivity index (χ0) is 19.7. The number of amides is 1. The van der Waals surface area contributed by atoms with Crippen LogP contribution in [0.15, 0.2) is 24.3 Å². The third kappa shape index (κ3) is 3.84. The zero-order valence-corrected chi connectivity index (χ0v) is 15.6. The van der Waals surface area contributed by atoms with Gasteiger partial charge in [-0.1, -0.05) is 26.8 Å². The SMILES string of the molecule is CC1CCN(C(=O)c2nc(C(C)C)n(-c3cccc(F)c3)n2)C(C(=O)O)C1. The zero-order valence-electron chi connectivity index (χ0n) is 15.6. The molecule has 2 aromatic rings. The van der Waals surface area contributed by atoms with Crippen molar-refractivity contribution in [3.8, 4) is 5.69 Å². The molecule has 2 heterocycles. The molecule has 7 nitrogen and oxygen atoms in total. The number of carboxylic acids is 1. The number of carboxylic acid groups (broad SMARTS) is 1. The number of nitrogens with zero attached hydrogens (tertiary/aromatic N) is 4. The van der Waals surface area contributed by atoms with Crippen LogP contribution in [0, 0.1) is 11.7 Å². The van der Waals surface area contributed by atoms with Gasteiger partial charge in [-0.15, -0.1) is 5.10 Å². The Morgan fingerprint density at radius 3 is 2.70 bits per heavy atom. The lowest BCUT2D eigenvalue weighted by atomic mass is 9.92. The molecule has 27 heavy (non-hydrogen) atoms. The fraction of sp³-hybridized carbons (Fsp3) is 0.474. The largest absolute Gasteiger partial charge is 0.480 e. The molecule has 1 amide bonds. The molecule has 0 spiro atoms. The highest BCUT2D eigenvalue weighted by Crippen LogP contribution is 2.25. The number of likely N-dealkylation sites (tertiary alicyclic amines) is 1. The Morgan fingerprint density at radius 1 is 1.33 bits per heavy atom. The molecule has 1 fully saturated rings. The lowest BCUT2D eigenvalue weighted by Gasteiger charge is -2.35. The number of hydrogen-bond donors (Lipinski definition) is 1. The molecule has 1 saturated heterocycles. The first kappa shape index (κ1) is 19.0. The molecule has 144 valence electrons. The molecular formula is C19H23FN4O3. The lowest BCUT2D eigenvalue weighted by Crippen LogP contribution is -2.50. The van der Waals surface area contributed by atoms with E-state index in [4.69, 9.17) is 0 Å². The van der Waals surface area contributed by atoms with Gasteiger partial charge in [0.1, 0.15) is 17.7 Å². The van der Waals surface area contributed by atoms with Crippen molar-refractivity contribution in [2.45, 2.75) is 45.6 Å². The number of aliphatic carboxylic acids is 1. The topological polar surface area (TPSA) is 88.3 Å². The summed E-state index contributed by atoms with van der Waals surface area (Å²) < 4.78 is 15.1. The average molecular weight is 374 g/mol. The van der Waals surface area contributed by atoms with Gasteiger partial charge in [-0.05, 0) is 37.0 Å². The van der Waals surface area contributed by atoms with Crippen LogP contribution < -0.4 is 0 Å². The molecule has 1 aliphatic heterocycles. The van der Waals surface area contributed by atoms with Crippen molar-refractivity contribution >= 4 is 11.9 Å². The number of carbonyl (C=O) groups is 2. The molecule has 0 radical (unpaired) electrons. The summed E-state index contributed by atoms with van der Waals surface area (Å²) in [7, 11) is 0. The van der Waals surface area contributed by atoms with Crippen LogP contribution >= 0.6 is 0 Å². The maximum atomic E-state index is 13.6. The Kier molecular flexibility index (Phi) is 5.25. The molecule has 8 heteroatoms. The van der Waals surface area contributed by atoms with E-state index in [2.05, 4.69) is 10.1 Å². The molecule has 1 aliphatic rings. The van der Waals surface area contributed by atoms with Crippen LogP contribution in [-0.2, 0) is 4.79 Å². The van der Waals surface area contributed by atoms with Gasteiger partial charge in [0.15, 0.2) is 0 Å². The van der Waals surface area contributed by atoms with Crippen LogP contribution in [0.1, 0.15) is 56.0 Å². The highest BCUT2D eigenvalue weighted by Gasteiger charge is 2.37. The average Bonchev–Trinajstić information content (AvgIpc) is 3.06. The third-order valence-corrected chi connectivity index (χ3v) is 4.80. The number of hydrogen-bond acceptors (Lipinski definition) is 4. The maximum absolute atomic E-state index is 13.6. The van der Waals surface area contributed by atoms with Crippen molar-refractivity contribution < 1.29 is 19.1 Å². The standard InChI is InChI=1S/C19H23FN4O3/c1-11(2)17-21-16(22-24(17)14-6-4-5-13(20)10-14)18(25)23-8-7-12(3)9-15(23)19(26)27/h4-6,10-12,15H,7-9H2,1-3H3,(H,26,27). The summed E-state index contributed by atoms with van der Waals surface area (Å²) in [4.78, 5) is 30.2. The van der Waals surface area contributed by atoms with Gasteiger partial charge in [0.25, 0.3) is 5.91 Å². The Bertz CT molecular complexity index is 864. The first-order valence-electron chi connectivity index (χ1n) is 9.04. The van der Waals surface area contributed by atoms with Gasteiger partial charge in [0, 0.05) is 12.5 Å². The molecule has 0 aliphatic carbocycles. The van der Waals surface area contributed by atoms with Gasteiger partial charge in [0.2, 0.25) is 5.82 Å². The number of piperidine rings is 1. The minimum atomic E-state index is -1.02. The van der Waals surface area contributed by atoms with Gasteiger partial charge in [0.05, 0.1) is 5.69 Å². The molecule has 1 aromatic heterocycles. The highest BCUT2D eigenvalue weighted by atomic mass is 19.1. The van der Waals surface area contributed by atoms with Crippen LogP contribution in [0.25, 0.3) is 5.69 Å². The highest BCUT2D eigenvalue weighted by molar-refractivity contribution is 5.93. The normalized spacial score (nSPS) is 20.1. The summed E-state index contributed by atoms with van der Waals surface area (Å²) in [5, 5.41) is 13.8. The van der Waals surface area contributed by atoms with Crippen LogP contribution in [0.3, 0.4) is 0 Å². The van der Waals surface area contributed by atoms with Crippen molar-refractivity contribution in [1.29, 1.82) is 0 Å². The first-order valence-corrected chi connectivity index (χ1v) is 9.04. The van der Waals surface area contributed by atoms with Crippen molar-refractivity contribution in [3.63, 3.8) is 0 Å². The van der Waals surface area contributed by atoms with E-state index < -0.39 is 23.7 Å². The van der Waals surface area contributed by atoms with Crippen LogP contribution in [0.2, 0.25) is 0 Å². The molecule has 2 unspecified atom stereocenters. The molecule has 1 aromatic carbocycles. The Balaban J connectivity index is 1.98. The van der Waals surface area contributed by atoms with Crippen molar-refractivity contribution in [2.24, 2.45) is 5.92 Å². The summed E-state index contributed by atoms with van der Waals surface area (Å²) in [5.74, 6) is -1.32. The summed E-state index contributed by atoms with van der Waals surface area (Å²) in [5.41, 5.74) is 0.465. The Labute approximate surface area is 156 Å². The van der Waals surface area contributed by atoms with E-state index in [9.17, 15) is 19.1 Å². The van der Waals surface area contributed by atoms with E-state index in [1.165, 1.54) is 21.7 Å². The monoisotopic (exact) mass is 374 g/mol. The van der Waals surface area contributed by atoms with Crippen LogP contribution in [0.4, 0.5) is 4.39 Å². The Morgan fingerprint density at radius 2 is 2.07 bits per heavy atom. The number of carbonyl (C=O) groups excluding carboxylic acids is 1. The van der Waals surface area contributed by atoms with Crippen LogP contribution in [0.5, 0.6) is 0 Å². The van der Waals surface area contributed by atoms with E-state index >= 15 is 0 Å². The second-order valence-corrected chi connectivity index (χ2v) is 7.32. The quantitative estimate of drug-likeness (QED) is 0.889.